The van der Waals surface area contributed by atoms with E-state index >= 15 is 0 Å². The Morgan fingerprint density at radius 1 is 1.38 bits per heavy atom. The summed E-state index contributed by atoms with van der Waals surface area (Å²) < 4.78 is 24.7. The highest BCUT2D eigenvalue weighted by Gasteiger charge is 2.17. The number of aromatic nitrogens is 2. The number of ether oxygens (including phenoxy) is 2. The molecule has 0 aliphatic carbocycles. The average molecular weight is 348 g/mol. The van der Waals surface area contributed by atoms with E-state index in [1.54, 1.807) is 11.6 Å². The Morgan fingerprint density at radius 2 is 2.12 bits per heavy atom. The molecule has 0 aliphatic rings. The van der Waals surface area contributed by atoms with E-state index in [1.807, 2.05) is 0 Å². The van der Waals surface area contributed by atoms with E-state index in [0.717, 1.165) is 0 Å². The van der Waals surface area contributed by atoms with Crippen molar-refractivity contribution < 1.29 is 18.7 Å². The van der Waals surface area contributed by atoms with Gasteiger partial charge in [0.05, 0.1) is 5.69 Å². The number of benzene rings is 1. The third-order valence-electron chi connectivity index (χ3n) is 3.18. The molecule has 3 rings (SSSR count). The van der Waals surface area contributed by atoms with Crippen molar-refractivity contribution in [1.29, 1.82) is 0 Å². The zero-order chi connectivity index (χ0) is 17.1. The first kappa shape index (κ1) is 16.1. The highest BCUT2D eigenvalue weighted by atomic mass is 32.1. The summed E-state index contributed by atoms with van der Waals surface area (Å²) >= 11 is 1.32. The molecule has 0 amide bonds. The van der Waals surface area contributed by atoms with E-state index in [4.69, 9.17) is 9.47 Å². The lowest BCUT2D eigenvalue weighted by atomic mass is 10.3. The van der Waals surface area contributed by atoms with Gasteiger partial charge in [-0.15, -0.1) is 11.3 Å². The number of carbonyl (C=O) groups excluding carboxylic acids is 1. The second-order valence-corrected chi connectivity index (χ2v) is 5.84. The largest absolute Gasteiger partial charge is 0.479 e. The maximum absolute atomic E-state index is 12.8. The SMILES string of the molecule is C[C@@H](Oc1ccc(F)cc1)C(=O)OCc1cc(=O)n2ccsc2n1. The Morgan fingerprint density at radius 3 is 2.88 bits per heavy atom. The number of fused-ring (bicyclic) bond motifs is 1. The molecule has 1 aromatic carbocycles. The summed E-state index contributed by atoms with van der Waals surface area (Å²) in [5, 5.41) is 1.75. The summed E-state index contributed by atoms with van der Waals surface area (Å²) in [6, 6.07) is 6.64. The van der Waals surface area contributed by atoms with Gasteiger partial charge in [0, 0.05) is 17.6 Å². The molecule has 1 atom stereocenters. The van der Waals surface area contributed by atoms with Crippen molar-refractivity contribution in [3.8, 4) is 5.75 Å². The van der Waals surface area contributed by atoms with Gasteiger partial charge in [0.15, 0.2) is 11.1 Å². The van der Waals surface area contributed by atoms with Crippen LogP contribution in [0.3, 0.4) is 0 Å². The monoisotopic (exact) mass is 348 g/mol. The Balaban J connectivity index is 1.61. The van der Waals surface area contributed by atoms with Crippen LogP contribution >= 0.6 is 11.3 Å². The summed E-state index contributed by atoms with van der Waals surface area (Å²) in [6.45, 7) is 1.40. The molecule has 0 saturated heterocycles. The molecule has 0 unspecified atom stereocenters. The molecule has 0 fully saturated rings. The van der Waals surface area contributed by atoms with Crippen molar-refractivity contribution in [3.63, 3.8) is 0 Å². The van der Waals surface area contributed by atoms with Gasteiger partial charge in [-0.3, -0.25) is 9.20 Å². The van der Waals surface area contributed by atoms with Crippen molar-refractivity contribution in [1.82, 2.24) is 9.38 Å². The highest BCUT2D eigenvalue weighted by Crippen LogP contribution is 2.14. The van der Waals surface area contributed by atoms with Crippen LogP contribution in [-0.4, -0.2) is 21.5 Å². The van der Waals surface area contributed by atoms with Crippen LogP contribution in [0.5, 0.6) is 5.75 Å². The number of halogens is 1. The molecule has 0 radical (unpaired) electrons. The van der Waals surface area contributed by atoms with Gasteiger partial charge in [-0.05, 0) is 31.2 Å². The number of carbonyl (C=O) groups is 1. The molecule has 0 spiro atoms. The Labute approximate surface area is 140 Å². The Hall–Kier alpha value is -2.74. The van der Waals surface area contributed by atoms with Crippen LogP contribution in [0.2, 0.25) is 0 Å². The van der Waals surface area contributed by atoms with E-state index in [0.29, 0.717) is 16.4 Å². The van der Waals surface area contributed by atoms with Gasteiger partial charge in [0.2, 0.25) is 0 Å². The summed E-state index contributed by atoms with van der Waals surface area (Å²) in [5.74, 6) is -0.636. The Bertz CT molecular complexity index is 920. The number of hydrogen-bond acceptors (Lipinski definition) is 6. The molecule has 24 heavy (non-hydrogen) atoms. The van der Waals surface area contributed by atoms with Crippen molar-refractivity contribution >= 4 is 22.3 Å². The van der Waals surface area contributed by atoms with E-state index < -0.39 is 12.1 Å². The summed E-state index contributed by atoms with van der Waals surface area (Å²) in [4.78, 5) is 28.6. The third-order valence-corrected chi connectivity index (χ3v) is 3.93. The molecular formula is C16H13FN2O4S. The zero-order valence-electron chi connectivity index (χ0n) is 12.6. The van der Waals surface area contributed by atoms with Gasteiger partial charge in [-0.1, -0.05) is 0 Å². The van der Waals surface area contributed by atoms with Crippen LogP contribution in [0.25, 0.3) is 4.96 Å². The number of hydrogen-bond donors (Lipinski definition) is 0. The topological polar surface area (TPSA) is 69.9 Å². The minimum absolute atomic E-state index is 0.125. The number of nitrogens with zero attached hydrogens (tertiary/aromatic N) is 2. The first-order valence-corrected chi connectivity index (χ1v) is 7.95. The molecule has 0 aliphatic heterocycles. The van der Waals surface area contributed by atoms with Crippen molar-refractivity contribution in [2.75, 3.05) is 0 Å². The van der Waals surface area contributed by atoms with E-state index in [2.05, 4.69) is 4.98 Å². The first-order chi connectivity index (χ1) is 11.5. The van der Waals surface area contributed by atoms with Crippen molar-refractivity contribution in [3.05, 3.63) is 63.8 Å². The lowest BCUT2D eigenvalue weighted by Crippen LogP contribution is -2.26. The second kappa shape index (κ2) is 6.79. The predicted molar refractivity (Wildman–Crippen MR) is 85.6 cm³/mol. The quantitative estimate of drug-likeness (QED) is 0.662. The van der Waals surface area contributed by atoms with Crippen LogP contribution in [0.15, 0.2) is 46.7 Å². The minimum atomic E-state index is -0.873. The van der Waals surface area contributed by atoms with E-state index in [-0.39, 0.29) is 18.0 Å². The van der Waals surface area contributed by atoms with Crippen LogP contribution in [-0.2, 0) is 16.1 Å². The minimum Gasteiger partial charge on any atom is -0.479 e. The molecule has 124 valence electrons. The van der Waals surface area contributed by atoms with Crippen molar-refractivity contribution in [2.24, 2.45) is 0 Å². The molecule has 6 nitrogen and oxygen atoms in total. The fraction of sp³-hybridized carbons (Fsp3) is 0.188. The molecule has 3 aromatic rings. The van der Waals surface area contributed by atoms with Crippen LogP contribution in [0.4, 0.5) is 4.39 Å². The van der Waals surface area contributed by atoms with Crippen LogP contribution in [0.1, 0.15) is 12.6 Å². The van der Waals surface area contributed by atoms with Gasteiger partial charge in [-0.25, -0.2) is 14.2 Å². The smallest absolute Gasteiger partial charge is 0.347 e. The fourth-order valence-electron chi connectivity index (χ4n) is 1.99. The molecule has 2 aromatic heterocycles. The molecule has 2 heterocycles. The molecule has 0 N–H and O–H groups in total. The maximum atomic E-state index is 12.8. The zero-order valence-corrected chi connectivity index (χ0v) is 13.5. The first-order valence-electron chi connectivity index (χ1n) is 7.07. The summed E-state index contributed by atoms with van der Waals surface area (Å²) in [5.41, 5.74) is 0.132. The average Bonchev–Trinajstić information content (AvgIpc) is 3.04. The molecule has 0 saturated carbocycles. The van der Waals surface area contributed by atoms with Gasteiger partial charge in [0.25, 0.3) is 5.56 Å². The van der Waals surface area contributed by atoms with Crippen LogP contribution in [0, 0.1) is 5.82 Å². The van der Waals surface area contributed by atoms with Crippen molar-refractivity contribution in [2.45, 2.75) is 19.6 Å². The van der Waals surface area contributed by atoms with E-state index in [1.165, 1.54) is 53.0 Å². The summed E-state index contributed by atoms with van der Waals surface area (Å²) in [7, 11) is 0. The molecule has 8 heteroatoms. The number of rotatable bonds is 5. The maximum Gasteiger partial charge on any atom is 0.347 e. The third kappa shape index (κ3) is 3.60. The van der Waals surface area contributed by atoms with Gasteiger partial charge >= 0.3 is 5.97 Å². The fourth-order valence-corrected chi connectivity index (χ4v) is 2.73. The Kier molecular flexibility index (Phi) is 4.57. The summed E-state index contributed by atoms with van der Waals surface area (Å²) in [6.07, 6.45) is 0.756. The van der Waals surface area contributed by atoms with Gasteiger partial charge < -0.3 is 9.47 Å². The van der Waals surface area contributed by atoms with Crippen LogP contribution < -0.4 is 10.3 Å². The predicted octanol–water partition coefficient (Wildman–Crippen LogP) is 2.41. The van der Waals surface area contributed by atoms with E-state index in [9.17, 15) is 14.0 Å². The normalized spacial score (nSPS) is 12.1. The standard InChI is InChI=1S/C16H13FN2O4S/c1-10(23-13-4-2-11(17)3-5-13)15(21)22-9-12-8-14(20)19-6-7-24-16(19)18-12/h2-8,10H,9H2,1H3/t10-/m1/s1. The number of thiazole rings is 1. The number of esters is 1. The molecular weight excluding hydrogens is 335 g/mol. The molecule has 0 bridgehead atoms. The lowest BCUT2D eigenvalue weighted by Gasteiger charge is -2.13. The van der Waals surface area contributed by atoms with Gasteiger partial charge in [0.1, 0.15) is 18.2 Å². The lowest BCUT2D eigenvalue weighted by molar-refractivity contribution is -0.152. The van der Waals surface area contributed by atoms with Gasteiger partial charge in [-0.2, -0.15) is 0 Å². The second-order valence-electron chi connectivity index (χ2n) is 4.96. The highest BCUT2D eigenvalue weighted by molar-refractivity contribution is 7.15.